The molecule has 3 nitrogen and oxygen atoms in total. The number of hydrogen-bond acceptors (Lipinski definition) is 3. The van der Waals surface area contributed by atoms with Gasteiger partial charge in [0.1, 0.15) is 16.5 Å². The molecule has 0 heterocycles. The maximum atomic E-state index is 13.7. The Balaban J connectivity index is 2.38. The van der Waals surface area contributed by atoms with Crippen molar-refractivity contribution in [1.82, 2.24) is 0 Å². The van der Waals surface area contributed by atoms with Crippen LogP contribution < -0.4 is 4.72 Å². The third-order valence-electron chi connectivity index (χ3n) is 2.57. The van der Waals surface area contributed by atoms with Crippen LogP contribution in [0, 0.1) is 11.6 Å². The Labute approximate surface area is 133 Å². The van der Waals surface area contributed by atoms with Crippen LogP contribution in [0.3, 0.4) is 0 Å². The fourth-order valence-electron chi connectivity index (χ4n) is 1.65. The minimum Gasteiger partial charge on any atom is -0.280 e. The van der Waals surface area contributed by atoms with E-state index in [0.717, 1.165) is 11.0 Å². The lowest BCUT2D eigenvalue weighted by Gasteiger charge is -2.11. The maximum absolute atomic E-state index is 13.7. The maximum Gasteiger partial charge on any atom is 0.265 e. The predicted octanol–water partition coefficient (Wildman–Crippen LogP) is 4.25. The molecule has 112 valence electrons. The summed E-state index contributed by atoms with van der Waals surface area (Å²) in [4.78, 5) is 0.338. The van der Waals surface area contributed by atoms with E-state index in [1.165, 1.54) is 11.8 Å². The highest BCUT2D eigenvalue weighted by atomic mass is 79.9. The number of benzene rings is 2. The molecule has 0 aromatic heterocycles. The zero-order chi connectivity index (χ0) is 15.6. The van der Waals surface area contributed by atoms with E-state index in [9.17, 15) is 17.2 Å². The van der Waals surface area contributed by atoms with Gasteiger partial charge in [0.05, 0.1) is 0 Å². The van der Waals surface area contributed by atoms with E-state index in [2.05, 4.69) is 20.7 Å². The first-order valence-electron chi connectivity index (χ1n) is 5.65. The summed E-state index contributed by atoms with van der Waals surface area (Å²) < 4.78 is 53.2. The van der Waals surface area contributed by atoms with Crippen LogP contribution in [0.25, 0.3) is 0 Å². The Morgan fingerprint density at radius 3 is 2.29 bits per heavy atom. The molecule has 0 aliphatic carbocycles. The highest BCUT2D eigenvalue weighted by Crippen LogP contribution is 2.28. The Morgan fingerprint density at radius 1 is 1.14 bits per heavy atom. The normalized spacial score (nSPS) is 11.4. The second-order valence-electron chi connectivity index (χ2n) is 4.03. The van der Waals surface area contributed by atoms with E-state index in [-0.39, 0.29) is 4.47 Å². The summed E-state index contributed by atoms with van der Waals surface area (Å²) in [6, 6.07) is 8.03. The zero-order valence-electron chi connectivity index (χ0n) is 10.7. The van der Waals surface area contributed by atoms with Crippen LogP contribution in [-0.2, 0) is 10.0 Å². The molecule has 8 heteroatoms. The van der Waals surface area contributed by atoms with Crippen molar-refractivity contribution in [3.63, 3.8) is 0 Å². The summed E-state index contributed by atoms with van der Waals surface area (Å²) in [5, 5.41) is 0. The van der Waals surface area contributed by atoms with Gasteiger partial charge in [-0.15, -0.1) is 11.8 Å². The molecular formula is C13H10BrF2NO2S2. The van der Waals surface area contributed by atoms with E-state index < -0.39 is 26.6 Å². The molecule has 0 fully saturated rings. The number of halogens is 3. The van der Waals surface area contributed by atoms with Crippen LogP contribution in [0.2, 0.25) is 0 Å². The van der Waals surface area contributed by atoms with Crippen LogP contribution in [0.5, 0.6) is 0 Å². The molecule has 0 spiro atoms. The summed E-state index contributed by atoms with van der Waals surface area (Å²) in [6.07, 6.45) is 1.89. The van der Waals surface area contributed by atoms with Gasteiger partial charge in [0, 0.05) is 21.1 Å². The molecule has 2 aromatic rings. The van der Waals surface area contributed by atoms with Crippen molar-refractivity contribution in [2.45, 2.75) is 9.79 Å². The van der Waals surface area contributed by atoms with Gasteiger partial charge in [-0.05, 0) is 52.5 Å². The monoisotopic (exact) mass is 393 g/mol. The first-order valence-corrected chi connectivity index (χ1v) is 9.15. The van der Waals surface area contributed by atoms with Gasteiger partial charge in [-0.25, -0.2) is 17.2 Å². The molecule has 2 aromatic carbocycles. The highest BCUT2D eigenvalue weighted by Gasteiger charge is 2.23. The molecule has 0 atom stereocenters. The van der Waals surface area contributed by atoms with Crippen molar-refractivity contribution in [3.05, 3.63) is 52.5 Å². The van der Waals surface area contributed by atoms with Gasteiger partial charge < -0.3 is 0 Å². The van der Waals surface area contributed by atoms with E-state index in [1.54, 1.807) is 24.3 Å². The van der Waals surface area contributed by atoms with Crippen LogP contribution in [-0.4, -0.2) is 14.7 Å². The number of nitrogens with one attached hydrogen (secondary N) is 1. The largest absolute Gasteiger partial charge is 0.280 e. The molecule has 0 unspecified atom stereocenters. The van der Waals surface area contributed by atoms with E-state index >= 15 is 0 Å². The van der Waals surface area contributed by atoms with Crippen molar-refractivity contribution < 1.29 is 17.2 Å². The van der Waals surface area contributed by atoms with E-state index in [0.29, 0.717) is 11.8 Å². The minimum atomic E-state index is -4.16. The summed E-state index contributed by atoms with van der Waals surface area (Å²) in [5.41, 5.74) is 0.295. The zero-order valence-corrected chi connectivity index (χ0v) is 13.9. The molecule has 2 rings (SSSR count). The predicted molar refractivity (Wildman–Crippen MR) is 83.1 cm³/mol. The minimum absolute atomic E-state index is 0.173. The van der Waals surface area contributed by atoms with Gasteiger partial charge in [-0.3, -0.25) is 4.72 Å². The van der Waals surface area contributed by atoms with E-state index in [1.807, 2.05) is 6.26 Å². The number of rotatable bonds is 4. The molecule has 0 amide bonds. The van der Waals surface area contributed by atoms with Gasteiger partial charge >= 0.3 is 0 Å². The smallest absolute Gasteiger partial charge is 0.265 e. The average Bonchev–Trinajstić information content (AvgIpc) is 2.37. The molecule has 0 aliphatic heterocycles. The van der Waals surface area contributed by atoms with Gasteiger partial charge in [0.15, 0.2) is 0 Å². The molecule has 0 aliphatic rings. The summed E-state index contributed by atoms with van der Waals surface area (Å²) >= 11 is 4.38. The molecule has 0 radical (unpaired) electrons. The van der Waals surface area contributed by atoms with Crippen LogP contribution in [0.1, 0.15) is 0 Å². The van der Waals surface area contributed by atoms with Gasteiger partial charge in [-0.1, -0.05) is 0 Å². The SMILES string of the molecule is CSc1ccc(NS(=O)(=O)c2c(F)cc(F)cc2Br)cc1. The van der Waals surface area contributed by atoms with Crippen molar-refractivity contribution >= 4 is 43.4 Å². The first kappa shape index (κ1) is 16.3. The summed E-state index contributed by atoms with van der Waals surface area (Å²) in [7, 11) is -4.16. The molecule has 21 heavy (non-hydrogen) atoms. The van der Waals surface area contributed by atoms with Crippen molar-refractivity contribution in [1.29, 1.82) is 0 Å². The van der Waals surface area contributed by atoms with Gasteiger partial charge in [-0.2, -0.15) is 0 Å². The highest BCUT2D eigenvalue weighted by molar-refractivity contribution is 9.10. The third kappa shape index (κ3) is 3.75. The summed E-state index contributed by atoms with van der Waals surface area (Å²) in [6.45, 7) is 0. The topological polar surface area (TPSA) is 46.2 Å². The van der Waals surface area contributed by atoms with Crippen molar-refractivity contribution in [2.75, 3.05) is 11.0 Å². The lowest BCUT2D eigenvalue weighted by atomic mass is 10.3. The second kappa shape index (κ2) is 6.33. The second-order valence-corrected chi connectivity index (χ2v) is 7.39. The Bertz CT molecular complexity index is 741. The number of hydrogen-bond donors (Lipinski definition) is 1. The van der Waals surface area contributed by atoms with Crippen molar-refractivity contribution in [3.8, 4) is 0 Å². The van der Waals surface area contributed by atoms with Gasteiger partial charge in [0.25, 0.3) is 10.0 Å². The number of anilines is 1. The quantitative estimate of drug-likeness (QED) is 0.789. The first-order chi connectivity index (χ1) is 9.83. The fourth-order valence-corrected chi connectivity index (χ4v) is 4.29. The molecular weight excluding hydrogens is 384 g/mol. The lowest BCUT2D eigenvalue weighted by Crippen LogP contribution is -2.15. The number of thioether (sulfide) groups is 1. The van der Waals surface area contributed by atoms with Crippen LogP contribution in [0.15, 0.2) is 50.7 Å². The average molecular weight is 394 g/mol. The lowest BCUT2D eigenvalue weighted by molar-refractivity contribution is 0.548. The fraction of sp³-hybridized carbons (Fsp3) is 0.0769. The Morgan fingerprint density at radius 2 is 1.76 bits per heavy atom. The standard InChI is InChI=1S/C13H10BrF2NO2S2/c1-20-10-4-2-9(3-5-10)17-21(18,19)13-11(14)6-8(15)7-12(13)16/h2-7,17H,1H3. The van der Waals surface area contributed by atoms with Crippen LogP contribution in [0.4, 0.5) is 14.5 Å². The van der Waals surface area contributed by atoms with Gasteiger partial charge in [0.2, 0.25) is 0 Å². The Hall–Kier alpha value is -1.12. The van der Waals surface area contributed by atoms with E-state index in [4.69, 9.17) is 0 Å². The Kier molecular flexibility index (Phi) is 4.90. The third-order valence-corrected chi connectivity index (χ3v) is 5.66. The van der Waals surface area contributed by atoms with Crippen molar-refractivity contribution in [2.24, 2.45) is 0 Å². The molecule has 0 bridgehead atoms. The number of sulfonamides is 1. The molecule has 0 saturated carbocycles. The molecule has 0 saturated heterocycles. The molecule has 1 N–H and O–H groups in total. The van der Waals surface area contributed by atoms with Crippen LogP contribution >= 0.6 is 27.7 Å². The summed E-state index contributed by atoms with van der Waals surface area (Å²) in [5.74, 6) is -2.02.